The first-order valence-electron chi connectivity index (χ1n) is 10.8. The summed E-state index contributed by atoms with van der Waals surface area (Å²) in [7, 11) is 0. The molecule has 0 radical (unpaired) electrons. The van der Waals surface area contributed by atoms with Crippen LogP contribution in [-0.4, -0.2) is 42.0 Å². The summed E-state index contributed by atoms with van der Waals surface area (Å²) < 4.78 is 1.14. The number of carbonyl (C=O) groups is 1. The van der Waals surface area contributed by atoms with Gasteiger partial charge in [0.25, 0.3) is 5.91 Å². The average molecular weight is 534 g/mol. The molecule has 1 saturated heterocycles. The number of hydrogen-bond acceptors (Lipinski definition) is 5. The standard InChI is InChI=1S/C25H22Cl2N4OS.ClH/c26-17-6-7-18(20(27)14-17)24(32)29-21-4-2-1-3-19(21)25-30-22-8-5-16(13-23(22)33-25)15-31-11-9-28-10-12-31;/h1-8,13-14,28H,9-12,15H2,(H,29,32);1H. The van der Waals surface area contributed by atoms with E-state index in [-0.39, 0.29) is 18.3 Å². The topological polar surface area (TPSA) is 57.3 Å². The van der Waals surface area contributed by atoms with Crippen molar-refractivity contribution in [1.29, 1.82) is 0 Å². The van der Waals surface area contributed by atoms with Gasteiger partial charge in [-0.15, -0.1) is 23.7 Å². The number of hydrogen-bond donors (Lipinski definition) is 2. The van der Waals surface area contributed by atoms with Crippen molar-refractivity contribution in [3.8, 4) is 10.6 Å². The number of fused-ring (bicyclic) bond motifs is 1. The molecule has 4 aromatic rings. The number of nitrogens with one attached hydrogen (secondary N) is 2. The molecule has 176 valence electrons. The average Bonchev–Trinajstić information content (AvgIpc) is 3.23. The molecule has 9 heteroatoms. The van der Waals surface area contributed by atoms with Gasteiger partial charge < -0.3 is 10.6 Å². The van der Waals surface area contributed by atoms with Crippen molar-refractivity contribution in [1.82, 2.24) is 15.2 Å². The van der Waals surface area contributed by atoms with E-state index in [0.717, 1.165) is 53.5 Å². The fourth-order valence-electron chi connectivity index (χ4n) is 3.95. The number of rotatable bonds is 5. The van der Waals surface area contributed by atoms with Crippen LogP contribution in [0.1, 0.15) is 15.9 Å². The molecule has 1 amide bonds. The van der Waals surface area contributed by atoms with Crippen molar-refractivity contribution < 1.29 is 4.79 Å². The number of amides is 1. The van der Waals surface area contributed by atoms with E-state index in [1.54, 1.807) is 29.5 Å². The Balaban J connectivity index is 0.00000274. The van der Waals surface area contributed by atoms with Crippen molar-refractivity contribution in [3.63, 3.8) is 0 Å². The molecule has 0 atom stereocenters. The minimum absolute atomic E-state index is 0. The van der Waals surface area contributed by atoms with Crippen LogP contribution in [0.15, 0.2) is 60.7 Å². The van der Waals surface area contributed by atoms with Crippen LogP contribution in [-0.2, 0) is 6.54 Å². The van der Waals surface area contributed by atoms with E-state index in [0.29, 0.717) is 21.3 Å². The van der Waals surface area contributed by atoms with E-state index in [9.17, 15) is 4.79 Å². The molecule has 34 heavy (non-hydrogen) atoms. The van der Waals surface area contributed by atoms with Crippen LogP contribution in [0.2, 0.25) is 10.0 Å². The predicted octanol–water partition coefficient (Wildman–Crippen LogP) is 6.35. The second kappa shape index (κ2) is 11.0. The fourth-order valence-corrected chi connectivity index (χ4v) is 5.52. The summed E-state index contributed by atoms with van der Waals surface area (Å²) in [6.45, 7) is 5.15. The van der Waals surface area contributed by atoms with Crippen LogP contribution in [0.3, 0.4) is 0 Å². The van der Waals surface area contributed by atoms with Crippen molar-refractivity contribution in [2.24, 2.45) is 0 Å². The van der Waals surface area contributed by atoms with Gasteiger partial charge in [-0.25, -0.2) is 4.98 Å². The Morgan fingerprint density at radius 3 is 2.65 bits per heavy atom. The zero-order chi connectivity index (χ0) is 22.8. The monoisotopic (exact) mass is 532 g/mol. The van der Waals surface area contributed by atoms with Gasteiger partial charge in [-0.3, -0.25) is 9.69 Å². The van der Waals surface area contributed by atoms with E-state index >= 15 is 0 Å². The second-order valence-electron chi connectivity index (χ2n) is 7.97. The Morgan fingerprint density at radius 1 is 1.06 bits per heavy atom. The molecule has 0 spiro atoms. The molecule has 3 aromatic carbocycles. The lowest BCUT2D eigenvalue weighted by Crippen LogP contribution is -2.42. The molecule has 1 aliphatic rings. The number of benzene rings is 3. The largest absolute Gasteiger partial charge is 0.321 e. The fraction of sp³-hybridized carbons (Fsp3) is 0.200. The van der Waals surface area contributed by atoms with Gasteiger partial charge in [-0.05, 0) is 48.0 Å². The van der Waals surface area contributed by atoms with E-state index in [4.69, 9.17) is 28.2 Å². The minimum atomic E-state index is -0.288. The Kier molecular flexibility index (Phi) is 8.09. The molecule has 1 fully saturated rings. The molecule has 0 aliphatic carbocycles. The minimum Gasteiger partial charge on any atom is -0.321 e. The third-order valence-electron chi connectivity index (χ3n) is 5.65. The first-order valence-corrected chi connectivity index (χ1v) is 12.3. The molecule has 5 rings (SSSR count). The van der Waals surface area contributed by atoms with Gasteiger partial charge in [0.2, 0.25) is 0 Å². The first kappa shape index (κ1) is 24.9. The summed E-state index contributed by atoms with van der Waals surface area (Å²) in [5.74, 6) is -0.288. The van der Waals surface area contributed by atoms with Crippen molar-refractivity contribution in [2.45, 2.75) is 6.54 Å². The number of para-hydroxylation sites is 1. The van der Waals surface area contributed by atoms with Gasteiger partial charge in [-0.2, -0.15) is 0 Å². The lowest BCUT2D eigenvalue weighted by molar-refractivity contribution is 0.102. The van der Waals surface area contributed by atoms with Crippen LogP contribution in [0.5, 0.6) is 0 Å². The third-order valence-corrected chi connectivity index (χ3v) is 7.25. The first-order chi connectivity index (χ1) is 16.1. The number of piperazine rings is 1. The number of aromatic nitrogens is 1. The Morgan fingerprint density at radius 2 is 1.85 bits per heavy atom. The van der Waals surface area contributed by atoms with Gasteiger partial charge in [0, 0.05) is 43.3 Å². The molecular weight excluding hydrogens is 511 g/mol. The molecule has 2 N–H and O–H groups in total. The molecule has 0 saturated carbocycles. The summed E-state index contributed by atoms with van der Waals surface area (Å²) in [5, 5.41) is 8.04. The maximum Gasteiger partial charge on any atom is 0.257 e. The molecule has 0 bridgehead atoms. The summed E-state index contributed by atoms with van der Waals surface area (Å²) >= 11 is 13.8. The summed E-state index contributed by atoms with van der Waals surface area (Å²) in [6.07, 6.45) is 0. The zero-order valence-corrected chi connectivity index (χ0v) is 21.3. The van der Waals surface area contributed by atoms with Gasteiger partial charge in [0.05, 0.1) is 26.5 Å². The highest BCUT2D eigenvalue weighted by molar-refractivity contribution is 7.21. The van der Waals surface area contributed by atoms with E-state index in [2.05, 4.69) is 33.7 Å². The summed E-state index contributed by atoms with van der Waals surface area (Å²) in [4.78, 5) is 20.2. The lowest BCUT2D eigenvalue weighted by Gasteiger charge is -2.27. The van der Waals surface area contributed by atoms with Crippen LogP contribution in [0, 0.1) is 0 Å². The Labute approximate surface area is 218 Å². The highest BCUT2D eigenvalue weighted by Gasteiger charge is 2.16. The second-order valence-corrected chi connectivity index (χ2v) is 9.85. The number of anilines is 1. The molecule has 5 nitrogen and oxygen atoms in total. The van der Waals surface area contributed by atoms with Gasteiger partial charge in [0.1, 0.15) is 5.01 Å². The summed E-state index contributed by atoms with van der Waals surface area (Å²) in [6, 6.07) is 19.0. The highest BCUT2D eigenvalue weighted by Crippen LogP contribution is 2.35. The lowest BCUT2D eigenvalue weighted by atomic mass is 10.1. The highest BCUT2D eigenvalue weighted by atomic mass is 35.5. The maximum absolute atomic E-state index is 12.9. The molecule has 1 aromatic heterocycles. The quantitative estimate of drug-likeness (QED) is 0.314. The number of carbonyl (C=O) groups excluding carboxylic acids is 1. The van der Waals surface area contributed by atoms with Crippen LogP contribution in [0.25, 0.3) is 20.8 Å². The summed E-state index contributed by atoms with van der Waals surface area (Å²) in [5.41, 5.74) is 4.19. The van der Waals surface area contributed by atoms with Gasteiger partial charge in [0.15, 0.2) is 0 Å². The third kappa shape index (κ3) is 5.54. The number of halogens is 3. The molecular formula is C25H23Cl3N4OS. The van der Waals surface area contributed by atoms with E-state index in [1.165, 1.54) is 5.56 Å². The van der Waals surface area contributed by atoms with Crippen molar-refractivity contribution >= 4 is 68.8 Å². The molecule has 2 heterocycles. The van der Waals surface area contributed by atoms with E-state index < -0.39 is 0 Å². The Bertz CT molecular complexity index is 1320. The number of nitrogens with zero attached hydrogens (tertiary/aromatic N) is 2. The Hall–Kier alpha value is -2.19. The molecule has 1 aliphatic heterocycles. The van der Waals surface area contributed by atoms with Gasteiger partial charge in [-0.1, -0.05) is 41.4 Å². The van der Waals surface area contributed by atoms with Crippen molar-refractivity contribution in [3.05, 3.63) is 81.8 Å². The van der Waals surface area contributed by atoms with Crippen molar-refractivity contribution in [2.75, 3.05) is 31.5 Å². The van der Waals surface area contributed by atoms with Gasteiger partial charge >= 0.3 is 0 Å². The van der Waals surface area contributed by atoms with Crippen LogP contribution < -0.4 is 10.6 Å². The predicted molar refractivity (Wildman–Crippen MR) is 145 cm³/mol. The smallest absolute Gasteiger partial charge is 0.257 e. The molecule has 0 unspecified atom stereocenters. The SMILES string of the molecule is Cl.O=C(Nc1ccccc1-c1nc2ccc(CN3CCNCC3)cc2s1)c1ccc(Cl)cc1Cl. The maximum atomic E-state index is 12.9. The normalized spacial score (nSPS) is 14.1. The number of thiazole rings is 1. The van der Waals surface area contributed by atoms with E-state index in [1.807, 2.05) is 24.3 Å². The van der Waals surface area contributed by atoms with Crippen LogP contribution in [0.4, 0.5) is 5.69 Å². The zero-order valence-electron chi connectivity index (χ0n) is 18.2. The van der Waals surface area contributed by atoms with Crippen LogP contribution >= 0.6 is 46.9 Å².